The topological polar surface area (TPSA) is 77.5 Å². The fraction of sp³-hybridized carbons (Fsp3) is 0.483. The summed E-state index contributed by atoms with van der Waals surface area (Å²) in [6.45, 7) is 4.15. The van der Waals surface area contributed by atoms with Crippen LogP contribution in [0.1, 0.15) is 45.2 Å². The van der Waals surface area contributed by atoms with Crippen LogP contribution in [0.15, 0.2) is 48.7 Å². The number of pyridine rings is 1. The van der Waals surface area contributed by atoms with Crippen LogP contribution in [-0.4, -0.2) is 35.8 Å². The molecule has 1 N–H and O–H groups in total. The summed E-state index contributed by atoms with van der Waals surface area (Å²) in [5.41, 5.74) is 2.48. The summed E-state index contributed by atoms with van der Waals surface area (Å²) in [6, 6.07) is 10.4. The molecule has 2 saturated carbocycles. The molecule has 5 rings (SSSR count). The van der Waals surface area contributed by atoms with E-state index in [-0.39, 0.29) is 47.8 Å². The van der Waals surface area contributed by atoms with Gasteiger partial charge in [0.2, 0.25) is 0 Å². The van der Waals surface area contributed by atoms with Gasteiger partial charge in [-0.1, -0.05) is 24.3 Å². The van der Waals surface area contributed by atoms with Crippen molar-refractivity contribution in [3.8, 4) is 11.1 Å². The highest BCUT2D eigenvalue weighted by Gasteiger charge is 2.54. The molecule has 7 atom stereocenters. The number of hydrogen-bond donors (Lipinski definition) is 1. The number of nitrogens with zero attached hydrogens (tertiary/aromatic N) is 1. The van der Waals surface area contributed by atoms with E-state index in [4.69, 9.17) is 9.47 Å². The average Bonchev–Trinajstić information content (AvgIpc) is 3.15. The highest BCUT2D eigenvalue weighted by molar-refractivity contribution is 5.75. The number of aromatic nitrogens is 1. The van der Waals surface area contributed by atoms with Gasteiger partial charge in [-0.25, -0.2) is 9.18 Å². The number of hydrogen-bond acceptors (Lipinski definition) is 5. The first-order valence-electron chi connectivity index (χ1n) is 13.0. The Balaban J connectivity index is 1.34. The Morgan fingerprint density at radius 3 is 2.83 bits per heavy atom. The molecule has 1 aromatic carbocycles. The van der Waals surface area contributed by atoms with Crippen LogP contribution in [0.25, 0.3) is 17.2 Å². The molecule has 36 heavy (non-hydrogen) atoms. The summed E-state index contributed by atoms with van der Waals surface area (Å²) in [4.78, 5) is 29.2. The number of carbonyl (C=O) groups is 2. The molecular formula is C29H33FN2O4. The fourth-order valence-electron chi connectivity index (χ4n) is 6.64. The molecular weight excluding hydrogens is 459 g/mol. The van der Waals surface area contributed by atoms with E-state index in [0.29, 0.717) is 18.4 Å². The molecule has 1 amide bonds. The van der Waals surface area contributed by atoms with Crippen LogP contribution >= 0.6 is 0 Å². The number of carbonyl (C=O) groups excluding carboxylic acids is 2. The van der Waals surface area contributed by atoms with Crippen molar-refractivity contribution < 1.29 is 23.5 Å². The number of allylic oxidation sites excluding steroid dienone is 1. The van der Waals surface area contributed by atoms with Gasteiger partial charge in [-0.15, -0.1) is 0 Å². The molecule has 0 bridgehead atoms. The standard InChI is InChI=1S/C29H33FN2O4/c1-3-35-29(34)32-23-10-11-24-20(14-23)15-26-27(17(2)36-28(26)33)25(24)12-9-22-8-7-19(16-31-22)18-5-4-6-21(30)13-18/h4-9,12-13,16-17,20,23-27H,3,10-11,14-15H2,1-2H3,(H,32,34)/b12-9+/t17-,20-,23-,24-,25-,26+,27-/m1/s1. The largest absolute Gasteiger partial charge is 0.462 e. The Labute approximate surface area is 211 Å². The molecule has 6 nitrogen and oxygen atoms in total. The summed E-state index contributed by atoms with van der Waals surface area (Å²) in [5.74, 6) is 0.629. The third-order valence-electron chi connectivity index (χ3n) is 8.18. The van der Waals surface area contributed by atoms with E-state index >= 15 is 0 Å². The quantitative estimate of drug-likeness (QED) is 0.548. The maximum atomic E-state index is 13.6. The lowest BCUT2D eigenvalue weighted by Crippen LogP contribution is -2.48. The summed E-state index contributed by atoms with van der Waals surface area (Å²) in [5, 5.41) is 3.00. The minimum Gasteiger partial charge on any atom is -0.462 e. The van der Waals surface area contributed by atoms with Crippen LogP contribution in [0.5, 0.6) is 0 Å². The molecule has 7 heteroatoms. The van der Waals surface area contributed by atoms with E-state index in [9.17, 15) is 14.0 Å². The second kappa shape index (κ2) is 10.4. The van der Waals surface area contributed by atoms with E-state index in [1.54, 1.807) is 19.2 Å². The van der Waals surface area contributed by atoms with Crippen LogP contribution in [-0.2, 0) is 14.3 Å². The number of benzene rings is 1. The van der Waals surface area contributed by atoms with Gasteiger partial charge >= 0.3 is 12.1 Å². The van der Waals surface area contributed by atoms with Crippen LogP contribution in [0.2, 0.25) is 0 Å². The number of halogens is 1. The van der Waals surface area contributed by atoms with Crippen molar-refractivity contribution in [3.05, 3.63) is 60.2 Å². The van der Waals surface area contributed by atoms with Gasteiger partial charge in [0.15, 0.2) is 0 Å². The maximum absolute atomic E-state index is 13.6. The second-order valence-electron chi connectivity index (χ2n) is 10.3. The van der Waals surface area contributed by atoms with Crippen LogP contribution in [0, 0.1) is 35.4 Å². The molecule has 3 aliphatic rings. The minimum absolute atomic E-state index is 0.0679. The molecule has 2 aliphatic carbocycles. The van der Waals surface area contributed by atoms with Crippen molar-refractivity contribution in [1.29, 1.82) is 0 Å². The Morgan fingerprint density at radius 1 is 1.22 bits per heavy atom. The minimum atomic E-state index is -0.368. The molecule has 3 fully saturated rings. The van der Waals surface area contributed by atoms with Crippen LogP contribution in [0.4, 0.5) is 9.18 Å². The molecule has 190 valence electrons. The monoisotopic (exact) mass is 492 g/mol. The van der Waals surface area contributed by atoms with Gasteiger partial charge in [0.1, 0.15) is 11.9 Å². The van der Waals surface area contributed by atoms with E-state index in [0.717, 1.165) is 42.5 Å². The lowest BCUT2D eigenvalue weighted by molar-refractivity contribution is -0.144. The zero-order valence-corrected chi connectivity index (χ0v) is 20.7. The first-order chi connectivity index (χ1) is 17.4. The molecule has 2 aromatic rings. The number of esters is 1. The normalized spacial score (nSPS) is 31.4. The lowest BCUT2D eigenvalue weighted by Gasteiger charge is -2.47. The predicted molar refractivity (Wildman–Crippen MR) is 134 cm³/mol. The lowest BCUT2D eigenvalue weighted by atomic mass is 9.57. The fourth-order valence-corrected chi connectivity index (χ4v) is 6.64. The van der Waals surface area contributed by atoms with Crippen LogP contribution in [0.3, 0.4) is 0 Å². The SMILES string of the molecule is CCOC(=O)N[C@@H]1CC[C@@H]2[C@H](C1)C[C@@H]1C(=O)O[C@H](C)[C@@H]1[C@@H]2/C=C/c1ccc(-c2cccc(F)c2)cn1. The van der Waals surface area contributed by atoms with E-state index in [1.807, 2.05) is 31.2 Å². The Morgan fingerprint density at radius 2 is 2.08 bits per heavy atom. The van der Waals surface area contributed by atoms with E-state index in [1.165, 1.54) is 12.1 Å². The first-order valence-corrected chi connectivity index (χ1v) is 13.0. The van der Waals surface area contributed by atoms with Crippen molar-refractivity contribution in [3.63, 3.8) is 0 Å². The summed E-state index contributed by atoms with van der Waals surface area (Å²) < 4.78 is 24.3. The molecule has 2 heterocycles. The summed E-state index contributed by atoms with van der Waals surface area (Å²) in [7, 11) is 0. The molecule has 0 radical (unpaired) electrons. The van der Waals surface area contributed by atoms with Crippen molar-refractivity contribution in [2.45, 2.75) is 51.7 Å². The highest BCUT2D eigenvalue weighted by Crippen LogP contribution is 2.53. The van der Waals surface area contributed by atoms with Crippen molar-refractivity contribution in [1.82, 2.24) is 10.3 Å². The third-order valence-corrected chi connectivity index (χ3v) is 8.18. The molecule has 0 unspecified atom stereocenters. The summed E-state index contributed by atoms with van der Waals surface area (Å²) >= 11 is 0. The van der Waals surface area contributed by atoms with Gasteiger partial charge in [-0.2, -0.15) is 0 Å². The number of alkyl carbamates (subject to hydrolysis) is 1. The van der Waals surface area contributed by atoms with E-state index < -0.39 is 0 Å². The highest BCUT2D eigenvalue weighted by atomic mass is 19.1. The number of cyclic esters (lactones) is 1. The molecule has 0 spiro atoms. The molecule has 1 aliphatic heterocycles. The Bertz CT molecular complexity index is 1130. The number of nitrogens with one attached hydrogen (secondary N) is 1. The zero-order chi connectivity index (χ0) is 25.2. The predicted octanol–water partition coefficient (Wildman–Crippen LogP) is 5.63. The van der Waals surface area contributed by atoms with Gasteiger partial charge < -0.3 is 14.8 Å². The van der Waals surface area contributed by atoms with Gasteiger partial charge in [-0.05, 0) is 87.1 Å². The first kappa shape index (κ1) is 24.5. The van der Waals surface area contributed by atoms with Crippen molar-refractivity contribution >= 4 is 18.1 Å². The Hall–Kier alpha value is -3.22. The average molecular weight is 493 g/mol. The van der Waals surface area contributed by atoms with Gasteiger partial charge in [-0.3, -0.25) is 9.78 Å². The van der Waals surface area contributed by atoms with Crippen molar-refractivity contribution in [2.24, 2.45) is 29.6 Å². The van der Waals surface area contributed by atoms with Gasteiger partial charge in [0.25, 0.3) is 0 Å². The Kier molecular flexibility index (Phi) is 7.08. The second-order valence-corrected chi connectivity index (χ2v) is 10.3. The van der Waals surface area contributed by atoms with Crippen LogP contribution < -0.4 is 5.32 Å². The smallest absolute Gasteiger partial charge is 0.407 e. The number of rotatable bonds is 5. The number of ether oxygens (including phenoxy) is 2. The zero-order valence-electron chi connectivity index (χ0n) is 20.7. The van der Waals surface area contributed by atoms with Crippen molar-refractivity contribution in [2.75, 3.05) is 6.61 Å². The number of fused-ring (bicyclic) bond motifs is 2. The third kappa shape index (κ3) is 5.01. The summed E-state index contributed by atoms with van der Waals surface area (Å²) in [6.07, 6.45) is 9.07. The maximum Gasteiger partial charge on any atom is 0.407 e. The van der Waals surface area contributed by atoms with Gasteiger partial charge in [0, 0.05) is 23.7 Å². The van der Waals surface area contributed by atoms with Gasteiger partial charge in [0.05, 0.1) is 18.2 Å². The molecule has 1 aromatic heterocycles. The number of amides is 1. The molecule has 1 saturated heterocycles. The van der Waals surface area contributed by atoms with E-state index in [2.05, 4.69) is 16.4 Å².